The van der Waals surface area contributed by atoms with Gasteiger partial charge >= 0.3 is 0 Å². The van der Waals surface area contributed by atoms with E-state index in [1.165, 1.54) is 23.3 Å². The summed E-state index contributed by atoms with van der Waals surface area (Å²) in [4.78, 5) is 2.53. The number of nitrogens with zero attached hydrogens (tertiary/aromatic N) is 1. The number of hydrogen-bond donors (Lipinski definition) is 1. The topological polar surface area (TPSA) is 29.3 Å². The Kier molecular flexibility index (Phi) is 4.27. The zero-order valence-electron chi connectivity index (χ0n) is 9.86. The van der Waals surface area contributed by atoms with Crippen LogP contribution in [0.4, 0.5) is 0 Å². The number of benzene rings is 1. The summed E-state index contributed by atoms with van der Waals surface area (Å²) in [6.45, 7) is 3.03. The summed E-state index contributed by atoms with van der Waals surface area (Å²) in [7, 11) is 0. The Hall–Kier alpha value is -0.510. The van der Waals surface area contributed by atoms with Crippen LogP contribution in [0.1, 0.15) is 17.2 Å². The van der Waals surface area contributed by atoms with Crippen LogP contribution in [0.25, 0.3) is 0 Å². The fraction of sp³-hybridized carbons (Fsp3) is 0.538. The number of fused-ring (bicyclic) bond motifs is 1. The van der Waals surface area contributed by atoms with E-state index in [0.717, 1.165) is 19.6 Å². The van der Waals surface area contributed by atoms with Gasteiger partial charge in [0.2, 0.25) is 0 Å². The normalized spacial score (nSPS) is 20.8. The second-order valence-corrected chi connectivity index (χ2v) is 5.21. The Bertz CT molecular complexity index is 340. The fourth-order valence-electron chi connectivity index (χ4n) is 2.46. The Labute approximate surface area is 102 Å². The summed E-state index contributed by atoms with van der Waals surface area (Å²) >= 11 is 1.91. The molecule has 3 heteroatoms. The molecule has 0 aromatic heterocycles. The molecule has 2 nitrogen and oxygen atoms in total. The Balaban J connectivity index is 2.16. The fourth-order valence-corrected chi connectivity index (χ4v) is 2.87. The highest BCUT2D eigenvalue weighted by Gasteiger charge is 2.25. The Morgan fingerprint density at radius 2 is 2.25 bits per heavy atom. The van der Waals surface area contributed by atoms with Gasteiger partial charge in [0.1, 0.15) is 0 Å². The van der Waals surface area contributed by atoms with Crippen LogP contribution in [0, 0.1) is 0 Å². The predicted octanol–water partition coefficient (Wildman–Crippen LogP) is 1.91. The van der Waals surface area contributed by atoms with Crippen LogP contribution in [0.15, 0.2) is 24.3 Å². The molecule has 1 heterocycles. The lowest BCUT2D eigenvalue weighted by Crippen LogP contribution is -2.40. The molecule has 0 spiro atoms. The standard InChI is InChI=1S/C13H20N2S/c1-16-9-8-15-7-6-11-4-2-3-5-12(11)13(15)10-14/h2-5,13H,6-10,14H2,1H3. The van der Waals surface area contributed by atoms with Gasteiger partial charge in [-0.3, -0.25) is 4.90 Å². The van der Waals surface area contributed by atoms with E-state index in [1.54, 1.807) is 0 Å². The highest BCUT2D eigenvalue weighted by atomic mass is 32.2. The summed E-state index contributed by atoms with van der Waals surface area (Å²) in [5.41, 5.74) is 8.86. The first-order valence-electron chi connectivity index (χ1n) is 5.87. The molecule has 0 aliphatic carbocycles. The van der Waals surface area contributed by atoms with Crippen LogP contribution in [-0.4, -0.2) is 36.5 Å². The molecule has 16 heavy (non-hydrogen) atoms. The third-order valence-electron chi connectivity index (χ3n) is 3.33. The first-order chi connectivity index (χ1) is 7.86. The second-order valence-electron chi connectivity index (χ2n) is 4.23. The van der Waals surface area contributed by atoms with Gasteiger partial charge in [-0.1, -0.05) is 24.3 Å². The van der Waals surface area contributed by atoms with Gasteiger partial charge in [0.25, 0.3) is 0 Å². The van der Waals surface area contributed by atoms with Crippen molar-refractivity contribution in [1.29, 1.82) is 0 Å². The van der Waals surface area contributed by atoms with Crippen molar-refractivity contribution in [3.63, 3.8) is 0 Å². The Morgan fingerprint density at radius 3 is 3.00 bits per heavy atom. The number of thioether (sulfide) groups is 1. The maximum absolute atomic E-state index is 5.93. The molecule has 0 radical (unpaired) electrons. The van der Waals surface area contributed by atoms with Crippen LogP contribution in [0.3, 0.4) is 0 Å². The quantitative estimate of drug-likeness (QED) is 0.866. The summed E-state index contributed by atoms with van der Waals surface area (Å²) in [6.07, 6.45) is 3.33. The second kappa shape index (κ2) is 5.71. The molecule has 2 N–H and O–H groups in total. The molecule has 1 aliphatic heterocycles. The number of rotatable bonds is 4. The van der Waals surface area contributed by atoms with Gasteiger partial charge in [0.15, 0.2) is 0 Å². The molecule has 1 aliphatic rings. The van der Waals surface area contributed by atoms with E-state index in [-0.39, 0.29) is 0 Å². The highest BCUT2D eigenvalue weighted by Crippen LogP contribution is 2.28. The molecule has 0 saturated carbocycles. The highest BCUT2D eigenvalue weighted by molar-refractivity contribution is 7.98. The molecule has 1 unspecified atom stereocenters. The van der Waals surface area contributed by atoms with E-state index < -0.39 is 0 Å². The minimum absolute atomic E-state index is 0.428. The molecule has 1 atom stereocenters. The van der Waals surface area contributed by atoms with E-state index in [2.05, 4.69) is 35.4 Å². The molecule has 0 saturated heterocycles. The molecular weight excluding hydrogens is 216 g/mol. The molecule has 2 rings (SSSR count). The van der Waals surface area contributed by atoms with Gasteiger partial charge in [0.05, 0.1) is 0 Å². The average Bonchev–Trinajstić information content (AvgIpc) is 2.35. The van der Waals surface area contributed by atoms with Gasteiger partial charge in [-0.25, -0.2) is 0 Å². The summed E-state index contributed by atoms with van der Waals surface area (Å²) < 4.78 is 0. The molecule has 1 aromatic rings. The molecule has 1 aromatic carbocycles. The minimum Gasteiger partial charge on any atom is -0.329 e. The van der Waals surface area contributed by atoms with E-state index in [9.17, 15) is 0 Å². The SMILES string of the molecule is CSCCN1CCc2ccccc2C1CN. The molecule has 0 fully saturated rings. The van der Waals surface area contributed by atoms with Crippen LogP contribution < -0.4 is 5.73 Å². The van der Waals surface area contributed by atoms with Crippen molar-refractivity contribution in [2.45, 2.75) is 12.5 Å². The summed E-state index contributed by atoms with van der Waals surface area (Å²) in [5, 5.41) is 0. The average molecular weight is 236 g/mol. The molecular formula is C13H20N2S. The summed E-state index contributed by atoms with van der Waals surface area (Å²) in [5.74, 6) is 1.19. The molecule has 0 bridgehead atoms. The van der Waals surface area contributed by atoms with Crippen molar-refractivity contribution in [3.8, 4) is 0 Å². The largest absolute Gasteiger partial charge is 0.329 e. The third kappa shape index (κ3) is 2.42. The third-order valence-corrected chi connectivity index (χ3v) is 3.92. The monoisotopic (exact) mass is 236 g/mol. The van der Waals surface area contributed by atoms with Crippen molar-refractivity contribution in [1.82, 2.24) is 4.90 Å². The van der Waals surface area contributed by atoms with Crippen molar-refractivity contribution in [2.75, 3.05) is 31.6 Å². The lowest BCUT2D eigenvalue weighted by atomic mass is 9.93. The van der Waals surface area contributed by atoms with Crippen LogP contribution in [0.5, 0.6) is 0 Å². The van der Waals surface area contributed by atoms with Gasteiger partial charge in [0, 0.05) is 31.4 Å². The zero-order valence-corrected chi connectivity index (χ0v) is 10.7. The Morgan fingerprint density at radius 1 is 1.44 bits per heavy atom. The van der Waals surface area contributed by atoms with E-state index in [1.807, 2.05) is 11.8 Å². The lowest BCUT2D eigenvalue weighted by Gasteiger charge is -2.36. The smallest absolute Gasteiger partial charge is 0.0473 e. The molecule has 88 valence electrons. The van der Waals surface area contributed by atoms with Crippen molar-refractivity contribution in [3.05, 3.63) is 35.4 Å². The first kappa shape index (κ1) is 12.0. The zero-order chi connectivity index (χ0) is 11.4. The number of nitrogens with two attached hydrogens (primary N) is 1. The van der Waals surface area contributed by atoms with Crippen LogP contribution in [0.2, 0.25) is 0 Å². The summed E-state index contributed by atoms with van der Waals surface area (Å²) in [6, 6.07) is 9.16. The van der Waals surface area contributed by atoms with E-state index >= 15 is 0 Å². The van der Waals surface area contributed by atoms with Gasteiger partial charge in [-0.2, -0.15) is 11.8 Å². The maximum Gasteiger partial charge on any atom is 0.0473 e. The van der Waals surface area contributed by atoms with E-state index in [0.29, 0.717) is 6.04 Å². The molecule has 0 amide bonds. The van der Waals surface area contributed by atoms with Gasteiger partial charge < -0.3 is 5.73 Å². The van der Waals surface area contributed by atoms with Crippen molar-refractivity contribution < 1.29 is 0 Å². The van der Waals surface area contributed by atoms with Crippen molar-refractivity contribution >= 4 is 11.8 Å². The van der Waals surface area contributed by atoms with Gasteiger partial charge in [-0.15, -0.1) is 0 Å². The maximum atomic E-state index is 5.93. The minimum atomic E-state index is 0.428. The lowest BCUT2D eigenvalue weighted by molar-refractivity contribution is 0.202. The number of hydrogen-bond acceptors (Lipinski definition) is 3. The van der Waals surface area contributed by atoms with Crippen LogP contribution in [-0.2, 0) is 6.42 Å². The van der Waals surface area contributed by atoms with Gasteiger partial charge in [-0.05, 0) is 23.8 Å². The van der Waals surface area contributed by atoms with Crippen LogP contribution >= 0.6 is 11.8 Å². The predicted molar refractivity (Wildman–Crippen MR) is 71.9 cm³/mol. The van der Waals surface area contributed by atoms with Crippen molar-refractivity contribution in [2.24, 2.45) is 5.73 Å². The first-order valence-corrected chi connectivity index (χ1v) is 7.27. The van der Waals surface area contributed by atoms with E-state index in [4.69, 9.17) is 5.73 Å².